The topological polar surface area (TPSA) is 94.9 Å². The highest BCUT2D eigenvalue weighted by Gasteiger charge is 2.49. The highest BCUT2D eigenvalue weighted by molar-refractivity contribution is 6.05. The van der Waals surface area contributed by atoms with Gasteiger partial charge in [-0.15, -0.1) is 13.2 Å². The number of ether oxygens (including phenoxy) is 1. The van der Waals surface area contributed by atoms with Crippen molar-refractivity contribution in [2.24, 2.45) is 10.9 Å². The Balaban J connectivity index is 2.11. The highest BCUT2D eigenvalue weighted by Crippen LogP contribution is 2.39. The van der Waals surface area contributed by atoms with Crippen LogP contribution in [0, 0.1) is 17.1 Å². The molecule has 0 aromatic heterocycles. The molecule has 0 aliphatic carbocycles. The van der Waals surface area contributed by atoms with Gasteiger partial charge in [0.25, 0.3) is 5.91 Å². The number of aliphatic imine (C=N–C) groups is 1. The van der Waals surface area contributed by atoms with Crippen molar-refractivity contribution >= 4 is 29.9 Å². The number of hydrogen-bond acceptors (Lipinski definition) is 5. The van der Waals surface area contributed by atoms with Crippen LogP contribution in [-0.2, 0) is 4.79 Å². The molecule has 3 atom stereocenters. The molecule has 0 radical (unpaired) electrons. The Morgan fingerprint density at radius 2 is 1.86 bits per heavy atom. The first-order chi connectivity index (χ1) is 17.3. The molecule has 7 nitrogen and oxygen atoms in total. The fourth-order valence-corrected chi connectivity index (χ4v) is 4.12. The Labute approximate surface area is 205 Å². The molecule has 1 heterocycles. The smallest absolute Gasteiger partial charge is 0.403 e. The Bertz CT molecular complexity index is 1210. The van der Waals surface area contributed by atoms with Crippen LogP contribution in [0.15, 0.2) is 47.5 Å². The zero-order valence-corrected chi connectivity index (χ0v) is 18.9. The number of nitrogens with zero attached hydrogens (tertiary/aromatic N) is 2. The molecule has 198 valence electrons. The summed E-state index contributed by atoms with van der Waals surface area (Å²) in [7, 11) is 1.29. The van der Waals surface area contributed by atoms with Gasteiger partial charge in [-0.1, -0.05) is 18.2 Å². The fraction of sp³-hybridized carbons (Fsp3) is 0.304. The zero-order valence-electron chi connectivity index (χ0n) is 18.9. The number of amides is 2. The first-order valence-electron chi connectivity index (χ1n) is 10.5. The second-order valence-corrected chi connectivity index (χ2v) is 7.94. The van der Waals surface area contributed by atoms with E-state index >= 15 is 0 Å². The third-order valence-corrected chi connectivity index (χ3v) is 5.45. The summed E-state index contributed by atoms with van der Waals surface area (Å²) in [4.78, 5) is 30.7. The maximum Gasteiger partial charge on any atom is 0.573 e. The van der Waals surface area contributed by atoms with Crippen molar-refractivity contribution in [2.45, 2.75) is 24.5 Å². The fourth-order valence-electron chi connectivity index (χ4n) is 4.12. The number of benzene rings is 2. The summed E-state index contributed by atoms with van der Waals surface area (Å²) >= 11 is 0. The van der Waals surface area contributed by atoms with Crippen molar-refractivity contribution in [1.82, 2.24) is 4.90 Å². The van der Waals surface area contributed by atoms with E-state index in [1.54, 1.807) is 0 Å². The molecule has 37 heavy (non-hydrogen) atoms. The zero-order chi connectivity index (χ0) is 27.5. The quantitative estimate of drug-likeness (QED) is 0.396. The van der Waals surface area contributed by atoms with Crippen molar-refractivity contribution in [1.29, 1.82) is 5.41 Å². The van der Waals surface area contributed by atoms with E-state index in [2.05, 4.69) is 15.0 Å². The molecule has 0 fully saturated rings. The number of fused-ring (bicyclic) bond motifs is 1. The van der Waals surface area contributed by atoms with Gasteiger partial charge in [0.05, 0.1) is 17.9 Å². The maximum atomic E-state index is 13.8. The first-order valence-corrected chi connectivity index (χ1v) is 10.5. The second-order valence-electron chi connectivity index (χ2n) is 7.94. The van der Waals surface area contributed by atoms with Crippen molar-refractivity contribution in [3.63, 3.8) is 0 Å². The molecule has 1 aliphatic heterocycles. The van der Waals surface area contributed by atoms with Gasteiger partial charge in [0.2, 0.25) is 5.91 Å². The van der Waals surface area contributed by atoms with E-state index in [1.807, 2.05) is 0 Å². The van der Waals surface area contributed by atoms with Gasteiger partial charge in [-0.25, -0.2) is 4.39 Å². The van der Waals surface area contributed by atoms with Crippen LogP contribution in [-0.4, -0.2) is 61.3 Å². The number of halogens is 7. The predicted molar refractivity (Wildman–Crippen MR) is 118 cm³/mol. The number of anilines is 1. The van der Waals surface area contributed by atoms with Crippen molar-refractivity contribution in [3.05, 3.63) is 59.4 Å². The van der Waals surface area contributed by atoms with Gasteiger partial charge in [0.1, 0.15) is 6.54 Å². The summed E-state index contributed by atoms with van der Waals surface area (Å²) in [6.07, 6.45) is -8.25. The number of alkyl halides is 6. The molecule has 3 rings (SSSR count). The molecule has 0 bridgehead atoms. The van der Waals surface area contributed by atoms with Gasteiger partial charge in [-0.05, 0) is 23.8 Å². The SMILES string of the molecule is CN=CC(C=N)[C@H]1[C@H](C(=O)Nc2ccc(F)c(OC(F)(F)F)c2)c2ccccc2C(=O)N1CC(F)(F)F. The number of nitrogens with one attached hydrogen (secondary N) is 2. The lowest BCUT2D eigenvalue weighted by Gasteiger charge is -2.43. The Kier molecular flexibility index (Phi) is 7.88. The monoisotopic (exact) mass is 532 g/mol. The van der Waals surface area contributed by atoms with Crippen molar-refractivity contribution < 1.29 is 45.1 Å². The summed E-state index contributed by atoms with van der Waals surface area (Å²) in [6, 6.07) is 5.94. The maximum absolute atomic E-state index is 13.8. The number of carbonyl (C=O) groups excluding carboxylic acids is 2. The van der Waals surface area contributed by atoms with E-state index in [-0.39, 0.29) is 16.8 Å². The number of rotatable bonds is 7. The molecule has 2 aromatic carbocycles. The van der Waals surface area contributed by atoms with Crippen LogP contribution in [0.5, 0.6) is 5.75 Å². The van der Waals surface area contributed by atoms with E-state index in [0.29, 0.717) is 17.0 Å². The van der Waals surface area contributed by atoms with Crippen LogP contribution < -0.4 is 10.1 Å². The van der Waals surface area contributed by atoms with E-state index < -0.39 is 60.3 Å². The van der Waals surface area contributed by atoms with E-state index in [1.165, 1.54) is 31.3 Å². The third kappa shape index (κ3) is 6.43. The average Bonchev–Trinajstić information content (AvgIpc) is 2.79. The minimum Gasteiger partial charge on any atom is -0.403 e. The molecular formula is C23H19F7N4O3. The third-order valence-electron chi connectivity index (χ3n) is 5.45. The van der Waals surface area contributed by atoms with E-state index in [4.69, 9.17) is 5.41 Å². The largest absolute Gasteiger partial charge is 0.573 e. The van der Waals surface area contributed by atoms with E-state index in [9.17, 15) is 40.3 Å². The Morgan fingerprint density at radius 3 is 2.46 bits per heavy atom. The minimum absolute atomic E-state index is 0.0404. The standard InChI is InChI=1S/C23H19F7N4O3/c1-32-10-12(9-31)19-18(14-4-2-3-5-15(14)21(36)34(19)11-22(25,26)27)20(35)33-13-6-7-16(24)17(8-13)37-23(28,29)30/h2-10,12,18-19,31H,11H2,1H3,(H,33,35)/t12?,18-,19+/m1/s1. The second kappa shape index (κ2) is 10.6. The van der Waals surface area contributed by atoms with Gasteiger partial charge in [0, 0.05) is 36.8 Å². The molecule has 1 aliphatic rings. The summed E-state index contributed by atoms with van der Waals surface area (Å²) in [5, 5.41) is 9.99. The van der Waals surface area contributed by atoms with Gasteiger partial charge < -0.3 is 25.4 Å². The van der Waals surface area contributed by atoms with Crippen molar-refractivity contribution in [3.8, 4) is 5.75 Å². The number of carbonyl (C=O) groups is 2. The summed E-state index contributed by atoms with van der Waals surface area (Å²) in [5.74, 6) is -7.41. The summed E-state index contributed by atoms with van der Waals surface area (Å²) in [6.45, 7) is -1.74. The van der Waals surface area contributed by atoms with Crippen molar-refractivity contribution in [2.75, 3.05) is 18.9 Å². The van der Waals surface area contributed by atoms with E-state index in [0.717, 1.165) is 18.5 Å². The van der Waals surface area contributed by atoms with Crippen LogP contribution in [0.4, 0.5) is 36.4 Å². The lowest BCUT2D eigenvalue weighted by molar-refractivity contribution is -0.275. The molecule has 0 spiro atoms. The normalized spacial score (nSPS) is 18.9. The molecule has 14 heteroatoms. The van der Waals surface area contributed by atoms with Crippen LogP contribution in [0.2, 0.25) is 0 Å². The van der Waals surface area contributed by atoms with Gasteiger partial charge >= 0.3 is 12.5 Å². The Morgan fingerprint density at radius 1 is 1.19 bits per heavy atom. The number of hydrogen-bond donors (Lipinski definition) is 2. The first kappa shape index (κ1) is 27.6. The molecule has 0 saturated heterocycles. The molecule has 2 N–H and O–H groups in total. The lowest BCUT2D eigenvalue weighted by atomic mass is 9.77. The van der Waals surface area contributed by atoms with Crippen LogP contribution >= 0.6 is 0 Å². The minimum atomic E-state index is -5.23. The van der Waals surface area contributed by atoms with Crippen LogP contribution in [0.1, 0.15) is 21.8 Å². The van der Waals surface area contributed by atoms with Crippen LogP contribution in [0.3, 0.4) is 0 Å². The highest BCUT2D eigenvalue weighted by atomic mass is 19.4. The molecular weight excluding hydrogens is 513 g/mol. The summed E-state index contributed by atoms with van der Waals surface area (Å²) < 4.78 is 95.7. The van der Waals surface area contributed by atoms with Gasteiger partial charge in [-0.3, -0.25) is 9.59 Å². The molecule has 1 unspecified atom stereocenters. The predicted octanol–water partition coefficient (Wildman–Crippen LogP) is 4.80. The molecule has 2 amide bonds. The summed E-state index contributed by atoms with van der Waals surface area (Å²) in [5.41, 5.74) is -0.504. The van der Waals surface area contributed by atoms with Gasteiger partial charge in [0.15, 0.2) is 11.6 Å². The average molecular weight is 532 g/mol. The van der Waals surface area contributed by atoms with Crippen LogP contribution in [0.25, 0.3) is 0 Å². The Hall–Kier alpha value is -3.97. The molecule has 0 saturated carbocycles. The molecule has 2 aromatic rings. The van der Waals surface area contributed by atoms with Gasteiger partial charge in [-0.2, -0.15) is 13.2 Å². The lowest BCUT2D eigenvalue weighted by Crippen LogP contribution is -2.57.